The van der Waals surface area contributed by atoms with Gasteiger partial charge in [-0.3, -0.25) is 14.4 Å². The second-order valence-corrected chi connectivity index (χ2v) is 6.94. The average molecular weight is 420 g/mol. The molecule has 31 heavy (non-hydrogen) atoms. The fraction of sp³-hybridized carbons (Fsp3) is 0.217. The summed E-state index contributed by atoms with van der Waals surface area (Å²) in [4.78, 5) is 36.0. The Hall–Kier alpha value is -3.94. The van der Waals surface area contributed by atoms with E-state index in [0.29, 0.717) is 11.4 Å². The van der Waals surface area contributed by atoms with Gasteiger partial charge >= 0.3 is 5.97 Å². The Morgan fingerprint density at radius 3 is 2.26 bits per heavy atom. The smallest absolute Gasteiger partial charge is 0.325 e. The molecule has 0 saturated carbocycles. The van der Waals surface area contributed by atoms with Crippen LogP contribution < -0.4 is 10.6 Å². The third-order valence-electron chi connectivity index (χ3n) is 4.56. The maximum Gasteiger partial charge on any atom is 0.325 e. The van der Waals surface area contributed by atoms with Crippen molar-refractivity contribution >= 4 is 23.5 Å². The molecule has 2 N–H and O–H groups in total. The number of nitrogens with zero attached hydrogens (tertiary/aromatic N) is 2. The summed E-state index contributed by atoms with van der Waals surface area (Å²) in [6.45, 7) is 2.87. The van der Waals surface area contributed by atoms with Crippen LogP contribution in [0.15, 0.2) is 60.7 Å². The molecule has 0 aliphatic heterocycles. The minimum Gasteiger partial charge on any atom is -0.454 e. The number of carbonyl (C=O) groups is 3. The lowest BCUT2D eigenvalue weighted by molar-refractivity contribution is -0.147. The van der Waals surface area contributed by atoms with Gasteiger partial charge in [-0.25, -0.2) is 4.68 Å². The zero-order valence-corrected chi connectivity index (χ0v) is 17.4. The fourth-order valence-corrected chi connectivity index (χ4v) is 3.03. The normalized spacial score (nSPS) is 10.4. The number of aryl methyl sites for hydroxylation is 1. The Morgan fingerprint density at radius 2 is 1.58 bits per heavy atom. The summed E-state index contributed by atoms with van der Waals surface area (Å²) in [5, 5.41) is 9.68. The minimum atomic E-state index is -0.690. The summed E-state index contributed by atoms with van der Waals surface area (Å²) in [5.74, 6) is -1.47. The molecule has 8 nitrogen and oxygen atoms in total. The molecular weight excluding hydrogens is 396 g/mol. The van der Waals surface area contributed by atoms with Crippen LogP contribution in [-0.4, -0.2) is 40.7 Å². The van der Waals surface area contributed by atoms with Gasteiger partial charge in [0.1, 0.15) is 6.54 Å². The van der Waals surface area contributed by atoms with Crippen LogP contribution in [0.4, 0.5) is 5.69 Å². The number of benzene rings is 2. The van der Waals surface area contributed by atoms with E-state index in [2.05, 4.69) is 15.7 Å². The van der Waals surface area contributed by atoms with Crippen molar-refractivity contribution in [2.24, 2.45) is 0 Å². The summed E-state index contributed by atoms with van der Waals surface area (Å²) in [5.41, 5.74) is 3.70. The van der Waals surface area contributed by atoms with E-state index in [4.69, 9.17) is 4.74 Å². The Morgan fingerprint density at radius 1 is 0.935 bits per heavy atom. The van der Waals surface area contributed by atoms with Crippen LogP contribution in [0.3, 0.4) is 0 Å². The van der Waals surface area contributed by atoms with Crippen molar-refractivity contribution < 1.29 is 19.1 Å². The molecule has 0 aliphatic carbocycles. The van der Waals surface area contributed by atoms with Crippen LogP contribution in [-0.2, 0) is 25.5 Å². The summed E-state index contributed by atoms with van der Waals surface area (Å²) >= 11 is 0. The molecule has 160 valence electrons. The quantitative estimate of drug-likeness (QED) is 0.545. The molecule has 3 aromatic rings. The molecule has 1 heterocycles. The van der Waals surface area contributed by atoms with Crippen LogP contribution >= 0.6 is 0 Å². The monoisotopic (exact) mass is 420 g/mol. The first-order chi connectivity index (χ1) is 14.9. The summed E-state index contributed by atoms with van der Waals surface area (Å²) in [6, 6.07) is 18.7. The number of carbonyl (C=O) groups excluding carboxylic acids is 3. The summed E-state index contributed by atoms with van der Waals surface area (Å²) in [6.07, 6.45) is 0.165. The molecule has 0 radical (unpaired) electrons. The first-order valence-electron chi connectivity index (χ1n) is 9.82. The van der Waals surface area contributed by atoms with E-state index in [1.54, 1.807) is 11.6 Å². The van der Waals surface area contributed by atoms with Crippen molar-refractivity contribution in [2.45, 2.75) is 20.3 Å². The zero-order chi connectivity index (χ0) is 22.2. The standard InChI is InChI=1S/C23H24N4O4/c1-16-23(17(2)27(26-16)19-11-7-4-8-12-19)25-21(29)15-31-22(30)14-24-20(28)13-18-9-5-3-6-10-18/h3-12H,13-15H2,1-2H3,(H,24,28)(H,25,29). The van der Waals surface area contributed by atoms with E-state index < -0.39 is 18.5 Å². The number of anilines is 1. The summed E-state index contributed by atoms with van der Waals surface area (Å²) < 4.78 is 6.69. The maximum atomic E-state index is 12.2. The van der Waals surface area contributed by atoms with Crippen LogP contribution in [0.2, 0.25) is 0 Å². The lowest BCUT2D eigenvalue weighted by atomic mass is 10.1. The zero-order valence-electron chi connectivity index (χ0n) is 17.4. The average Bonchev–Trinajstić information content (AvgIpc) is 3.06. The number of amides is 2. The lowest BCUT2D eigenvalue weighted by Crippen LogP contribution is -2.33. The van der Waals surface area contributed by atoms with Crippen molar-refractivity contribution in [1.29, 1.82) is 0 Å². The summed E-state index contributed by atoms with van der Waals surface area (Å²) in [7, 11) is 0. The molecule has 2 aromatic carbocycles. The molecular formula is C23H24N4O4. The van der Waals surface area contributed by atoms with E-state index in [9.17, 15) is 14.4 Å². The molecule has 0 aliphatic rings. The first-order valence-corrected chi connectivity index (χ1v) is 9.82. The van der Waals surface area contributed by atoms with E-state index in [1.165, 1.54) is 0 Å². The molecule has 3 rings (SSSR count). The molecule has 1 aromatic heterocycles. The third-order valence-corrected chi connectivity index (χ3v) is 4.56. The van der Waals surface area contributed by atoms with Gasteiger partial charge in [0.25, 0.3) is 5.91 Å². The van der Waals surface area contributed by atoms with Gasteiger partial charge in [0.15, 0.2) is 6.61 Å². The minimum absolute atomic E-state index is 0.165. The highest BCUT2D eigenvalue weighted by Crippen LogP contribution is 2.22. The van der Waals surface area contributed by atoms with Crippen molar-refractivity contribution in [1.82, 2.24) is 15.1 Å². The van der Waals surface area contributed by atoms with Crippen molar-refractivity contribution in [3.8, 4) is 5.69 Å². The van der Waals surface area contributed by atoms with Gasteiger partial charge < -0.3 is 15.4 Å². The van der Waals surface area contributed by atoms with Gasteiger partial charge in [0.2, 0.25) is 5.91 Å². The molecule has 2 amide bonds. The van der Waals surface area contributed by atoms with Gasteiger partial charge in [-0.05, 0) is 31.5 Å². The van der Waals surface area contributed by atoms with Crippen molar-refractivity contribution in [3.63, 3.8) is 0 Å². The largest absolute Gasteiger partial charge is 0.454 e. The fourth-order valence-electron chi connectivity index (χ4n) is 3.03. The third kappa shape index (κ3) is 6.02. The van der Waals surface area contributed by atoms with Crippen LogP contribution in [0.25, 0.3) is 5.69 Å². The van der Waals surface area contributed by atoms with E-state index in [1.807, 2.05) is 67.6 Å². The highest BCUT2D eigenvalue weighted by molar-refractivity contribution is 5.94. The highest BCUT2D eigenvalue weighted by Gasteiger charge is 2.16. The molecule has 8 heteroatoms. The molecule has 0 unspecified atom stereocenters. The van der Waals surface area contributed by atoms with Crippen LogP contribution in [0.5, 0.6) is 0 Å². The van der Waals surface area contributed by atoms with Crippen LogP contribution in [0.1, 0.15) is 17.0 Å². The van der Waals surface area contributed by atoms with Gasteiger partial charge in [-0.2, -0.15) is 5.10 Å². The van der Waals surface area contributed by atoms with Crippen LogP contribution in [0, 0.1) is 13.8 Å². The second kappa shape index (κ2) is 10.2. The molecule has 0 saturated heterocycles. The molecule has 0 bridgehead atoms. The number of aromatic nitrogens is 2. The Labute approximate surface area is 180 Å². The Balaban J connectivity index is 1.46. The number of rotatable bonds is 8. The lowest BCUT2D eigenvalue weighted by Gasteiger charge is -2.08. The van der Waals surface area contributed by atoms with E-state index in [-0.39, 0.29) is 18.9 Å². The molecule has 0 spiro atoms. The topological polar surface area (TPSA) is 102 Å². The van der Waals surface area contributed by atoms with Gasteiger partial charge in [0, 0.05) is 0 Å². The number of hydrogen-bond acceptors (Lipinski definition) is 5. The molecule has 0 fully saturated rings. The number of ether oxygens (including phenoxy) is 1. The molecule has 0 atom stereocenters. The van der Waals surface area contributed by atoms with Crippen molar-refractivity contribution in [3.05, 3.63) is 77.6 Å². The van der Waals surface area contributed by atoms with E-state index in [0.717, 1.165) is 16.9 Å². The Bertz CT molecular complexity index is 1060. The SMILES string of the molecule is Cc1nn(-c2ccccc2)c(C)c1NC(=O)COC(=O)CNC(=O)Cc1ccccc1. The number of esters is 1. The Kier molecular flexibility index (Phi) is 7.16. The van der Waals surface area contributed by atoms with Gasteiger partial charge in [-0.1, -0.05) is 48.5 Å². The van der Waals surface area contributed by atoms with E-state index >= 15 is 0 Å². The first kappa shape index (κ1) is 21.8. The maximum absolute atomic E-state index is 12.2. The number of nitrogens with one attached hydrogen (secondary N) is 2. The van der Waals surface area contributed by atoms with Crippen molar-refractivity contribution in [2.75, 3.05) is 18.5 Å². The number of hydrogen-bond donors (Lipinski definition) is 2. The highest BCUT2D eigenvalue weighted by atomic mass is 16.5. The predicted octanol–water partition coefficient (Wildman–Crippen LogP) is 2.33. The van der Waals surface area contributed by atoms with Gasteiger partial charge in [-0.15, -0.1) is 0 Å². The second-order valence-electron chi connectivity index (χ2n) is 6.94. The predicted molar refractivity (Wildman–Crippen MR) is 116 cm³/mol. The van der Waals surface area contributed by atoms with Gasteiger partial charge in [0.05, 0.1) is 29.2 Å². The number of para-hydroxylation sites is 1.